The summed E-state index contributed by atoms with van der Waals surface area (Å²) in [4.78, 5) is 22.5. The summed E-state index contributed by atoms with van der Waals surface area (Å²) in [5.41, 5.74) is 1.50. The molecule has 0 unspecified atom stereocenters. The Balaban J connectivity index is 2.36. The molecule has 0 bridgehead atoms. The predicted octanol–water partition coefficient (Wildman–Crippen LogP) is 2.63. The molecule has 1 rings (SSSR count). The number of amides is 2. The lowest BCUT2D eigenvalue weighted by atomic mass is 10.1. The summed E-state index contributed by atoms with van der Waals surface area (Å²) in [5, 5.41) is 14.3. The first-order valence-corrected chi connectivity index (χ1v) is 7.01. The molecule has 1 aromatic rings. The Morgan fingerprint density at radius 1 is 1.29 bits per heavy atom. The largest absolute Gasteiger partial charge is 0.478 e. The van der Waals surface area contributed by atoms with Crippen LogP contribution in [-0.2, 0) is 4.74 Å². The monoisotopic (exact) mass is 294 g/mol. The van der Waals surface area contributed by atoms with Crippen molar-refractivity contribution in [1.82, 2.24) is 5.32 Å². The molecule has 0 radical (unpaired) electrons. The van der Waals surface area contributed by atoms with Crippen molar-refractivity contribution in [2.75, 3.05) is 25.1 Å². The number of urea groups is 1. The molecule has 0 atom stereocenters. The third-order valence-electron chi connectivity index (χ3n) is 2.82. The fourth-order valence-electron chi connectivity index (χ4n) is 1.73. The van der Waals surface area contributed by atoms with Gasteiger partial charge in [0.25, 0.3) is 0 Å². The zero-order valence-electron chi connectivity index (χ0n) is 12.4. The Labute approximate surface area is 124 Å². The number of hydrogen-bond donors (Lipinski definition) is 3. The second-order valence-electron chi connectivity index (χ2n) is 4.68. The number of carbonyl (C=O) groups excluding carboxylic acids is 1. The number of benzene rings is 1. The summed E-state index contributed by atoms with van der Waals surface area (Å²) in [6.45, 7) is 5.69. The second-order valence-corrected chi connectivity index (χ2v) is 4.68. The molecule has 6 heteroatoms. The lowest BCUT2D eigenvalue weighted by molar-refractivity contribution is 0.0697. The topological polar surface area (TPSA) is 87.7 Å². The number of aryl methyl sites for hydroxylation is 1. The number of aromatic carboxylic acids is 1. The predicted molar refractivity (Wildman–Crippen MR) is 80.9 cm³/mol. The molecule has 1 aromatic carbocycles. The van der Waals surface area contributed by atoms with E-state index in [9.17, 15) is 9.59 Å². The van der Waals surface area contributed by atoms with E-state index in [2.05, 4.69) is 10.6 Å². The summed E-state index contributed by atoms with van der Waals surface area (Å²) in [6.07, 6.45) is 1.74. The Kier molecular flexibility index (Phi) is 7.25. The van der Waals surface area contributed by atoms with Gasteiger partial charge in [-0.25, -0.2) is 9.59 Å². The normalized spacial score (nSPS) is 10.2. The van der Waals surface area contributed by atoms with Gasteiger partial charge >= 0.3 is 12.0 Å². The van der Waals surface area contributed by atoms with Crippen LogP contribution in [0, 0.1) is 6.92 Å². The minimum atomic E-state index is -0.985. The van der Waals surface area contributed by atoms with Crippen LogP contribution in [0.1, 0.15) is 35.7 Å². The van der Waals surface area contributed by atoms with Crippen molar-refractivity contribution in [2.24, 2.45) is 0 Å². The molecule has 0 saturated carbocycles. The minimum absolute atomic E-state index is 0.200. The Morgan fingerprint density at radius 3 is 2.67 bits per heavy atom. The van der Waals surface area contributed by atoms with E-state index >= 15 is 0 Å². The zero-order valence-corrected chi connectivity index (χ0v) is 12.4. The fourth-order valence-corrected chi connectivity index (χ4v) is 1.73. The average molecular weight is 294 g/mol. The zero-order chi connectivity index (χ0) is 15.7. The van der Waals surface area contributed by atoms with Crippen LogP contribution < -0.4 is 10.6 Å². The van der Waals surface area contributed by atoms with Crippen molar-refractivity contribution in [3.05, 3.63) is 29.3 Å². The SMILES string of the molecule is CCCOCCCNC(=O)Nc1ccc(C(=O)O)cc1C. The Bertz CT molecular complexity index is 489. The van der Waals surface area contributed by atoms with Crippen LogP contribution in [0.2, 0.25) is 0 Å². The summed E-state index contributed by atoms with van der Waals surface area (Å²) in [7, 11) is 0. The lowest BCUT2D eigenvalue weighted by Crippen LogP contribution is -2.30. The second kappa shape index (κ2) is 8.97. The first kappa shape index (κ1) is 17.0. The van der Waals surface area contributed by atoms with E-state index < -0.39 is 5.97 Å². The van der Waals surface area contributed by atoms with Gasteiger partial charge in [-0.2, -0.15) is 0 Å². The smallest absolute Gasteiger partial charge is 0.335 e. The van der Waals surface area contributed by atoms with Crippen molar-refractivity contribution in [1.29, 1.82) is 0 Å². The fraction of sp³-hybridized carbons (Fsp3) is 0.467. The van der Waals surface area contributed by atoms with Gasteiger partial charge in [-0.15, -0.1) is 0 Å². The summed E-state index contributed by atoms with van der Waals surface area (Å²) in [6, 6.07) is 4.26. The van der Waals surface area contributed by atoms with Gasteiger partial charge in [-0.05, 0) is 43.5 Å². The number of carboxylic acid groups (broad SMARTS) is 1. The molecule has 0 heterocycles. The minimum Gasteiger partial charge on any atom is -0.478 e. The lowest BCUT2D eigenvalue weighted by Gasteiger charge is -2.10. The van der Waals surface area contributed by atoms with E-state index in [4.69, 9.17) is 9.84 Å². The number of carbonyl (C=O) groups is 2. The van der Waals surface area contributed by atoms with Gasteiger partial charge in [-0.3, -0.25) is 0 Å². The maximum absolute atomic E-state index is 11.7. The Morgan fingerprint density at radius 2 is 2.05 bits per heavy atom. The van der Waals surface area contributed by atoms with Crippen molar-refractivity contribution >= 4 is 17.7 Å². The number of carboxylic acids is 1. The molecule has 0 aliphatic heterocycles. The molecule has 21 heavy (non-hydrogen) atoms. The molecular weight excluding hydrogens is 272 g/mol. The maximum atomic E-state index is 11.7. The van der Waals surface area contributed by atoms with E-state index in [1.165, 1.54) is 12.1 Å². The van der Waals surface area contributed by atoms with E-state index in [1.54, 1.807) is 13.0 Å². The van der Waals surface area contributed by atoms with Crippen LogP contribution in [-0.4, -0.2) is 36.9 Å². The van der Waals surface area contributed by atoms with Crippen LogP contribution >= 0.6 is 0 Å². The Hall–Kier alpha value is -2.08. The molecule has 0 aliphatic carbocycles. The summed E-state index contributed by atoms with van der Waals surface area (Å²) >= 11 is 0. The summed E-state index contributed by atoms with van der Waals surface area (Å²) < 4.78 is 5.31. The quantitative estimate of drug-likeness (QED) is 0.643. The van der Waals surface area contributed by atoms with Crippen LogP contribution in [0.15, 0.2) is 18.2 Å². The number of hydrogen-bond acceptors (Lipinski definition) is 3. The molecule has 116 valence electrons. The molecule has 0 aromatic heterocycles. The third-order valence-corrected chi connectivity index (χ3v) is 2.82. The van der Waals surface area contributed by atoms with Gasteiger partial charge in [0, 0.05) is 25.4 Å². The number of ether oxygens (including phenoxy) is 1. The first-order valence-electron chi connectivity index (χ1n) is 7.01. The average Bonchev–Trinajstić information content (AvgIpc) is 2.44. The van der Waals surface area contributed by atoms with Gasteiger partial charge in [0.2, 0.25) is 0 Å². The van der Waals surface area contributed by atoms with Crippen LogP contribution in [0.3, 0.4) is 0 Å². The van der Waals surface area contributed by atoms with Crippen molar-refractivity contribution < 1.29 is 19.4 Å². The molecule has 3 N–H and O–H groups in total. The molecule has 0 spiro atoms. The first-order chi connectivity index (χ1) is 10.0. The highest BCUT2D eigenvalue weighted by molar-refractivity contribution is 5.92. The van der Waals surface area contributed by atoms with Gasteiger partial charge in [0.15, 0.2) is 0 Å². The standard InChI is InChI=1S/C15H22N2O4/c1-3-8-21-9-4-7-16-15(20)17-13-6-5-12(14(18)19)10-11(13)2/h5-6,10H,3-4,7-9H2,1-2H3,(H,18,19)(H2,16,17,20). The van der Waals surface area contributed by atoms with Gasteiger partial charge in [0.05, 0.1) is 5.56 Å². The molecular formula is C15H22N2O4. The third kappa shape index (κ3) is 6.27. The van der Waals surface area contributed by atoms with Gasteiger partial charge < -0.3 is 20.5 Å². The molecule has 0 fully saturated rings. The van der Waals surface area contributed by atoms with Crippen LogP contribution in [0.5, 0.6) is 0 Å². The highest BCUT2D eigenvalue weighted by atomic mass is 16.5. The molecule has 0 saturated heterocycles. The van der Waals surface area contributed by atoms with E-state index in [-0.39, 0.29) is 11.6 Å². The number of nitrogens with one attached hydrogen (secondary N) is 2. The van der Waals surface area contributed by atoms with Crippen molar-refractivity contribution in [3.8, 4) is 0 Å². The highest BCUT2D eigenvalue weighted by Crippen LogP contribution is 2.16. The van der Waals surface area contributed by atoms with Gasteiger partial charge in [0.1, 0.15) is 0 Å². The molecule has 0 aliphatic rings. The number of anilines is 1. The highest BCUT2D eigenvalue weighted by Gasteiger charge is 2.07. The van der Waals surface area contributed by atoms with Crippen molar-refractivity contribution in [3.63, 3.8) is 0 Å². The number of rotatable bonds is 8. The maximum Gasteiger partial charge on any atom is 0.335 e. The summed E-state index contributed by atoms with van der Waals surface area (Å²) in [5.74, 6) is -0.985. The van der Waals surface area contributed by atoms with E-state index in [0.29, 0.717) is 24.4 Å². The molecule has 6 nitrogen and oxygen atoms in total. The van der Waals surface area contributed by atoms with Gasteiger partial charge in [-0.1, -0.05) is 6.92 Å². The van der Waals surface area contributed by atoms with E-state index in [1.807, 2.05) is 6.92 Å². The van der Waals surface area contributed by atoms with Crippen LogP contribution in [0.25, 0.3) is 0 Å². The molecule has 2 amide bonds. The van der Waals surface area contributed by atoms with Crippen molar-refractivity contribution in [2.45, 2.75) is 26.7 Å². The van der Waals surface area contributed by atoms with E-state index in [0.717, 1.165) is 19.4 Å². The van der Waals surface area contributed by atoms with Crippen LogP contribution in [0.4, 0.5) is 10.5 Å².